The molecule has 1 aromatic heterocycles. The lowest BCUT2D eigenvalue weighted by Crippen LogP contribution is -2.29. The third-order valence-electron chi connectivity index (χ3n) is 2.49. The Bertz CT molecular complexity index is 441. The standard InChI is InChI=1S/C10H19N3O3S/c1-3-13-7-10(11-8-13)17(15,16)12-6-9(2)4-5-14/h7-9,12,14H,3-6H2,1-2H3. The minimum atomic E-state index is -3.53. The van der Waals surface area contributed by atoms with E-state index in [1.165, 1.54) is 12.5 Å². The second-order valence-corrected chi connectivity index (χ2v) is 5.73. The van der Waals surface area contributed by atoms with Crippen LogP contribution < -0.4 is 4.72 Å². The van der Waals surface area contributed by atoms with Gasteiger partial charge in [0.25, 0.3) is 10.0 Å². The van der Waals surface area contributed by atoms with Gasteiger partial charge in [-0.3, -0.25) is 0 Å². The van der Waals surface area contributed by atoms with E-state index in [2.05, 4.69) is 9.71 Å². The maximum atomic E-state index is 11.8. The van der Waals surface area contributed by atoms with Crippen molar-refractivity contribution in [1.82, 2.24) is 14.3 Å². The van der Waals surface area contributed by atoms with Gasteiger partial charge in [0.15, 0.2) is 5.03 Å². The highest BCUT2D eigenvalue weighted by atomic mass is 32.2. The lowest BCUT2D eigenvalue weighted by Gasteiger charge is -2.10. The van der Waals surface area contributed by atoms with Crippen molar-refractivity contribution in [3.05, 3.63) is 12.5 Å². The van der Waals surface area contributed by atoms with Crippen LogP contribution in [0.4, 0.5) is 0 Å². The number of aromatic nitrogens is 2. The van der Waals surface area contributed by atoms with Crippen molar-refractivity contribution in [2.45, 2.75) is 31.8 Å². The molecule has 0 amide bonds. The number of nitrogens with one attached hydrogen (secondary N) is 1. The van der Waals surface area contributed by atoms with Gasteiger partial charge in [0, 0.05) is 25.9 Å². The highest BCUT2D eigenvalue weighted by Crippen LogP contribution is 2.06. The van der Waals surface area contributed by atoms with Gasteiger partial charge in [-0.2, -0.15) is 0 Å². The SMILES string of the molecule is CCn1cnc(S(=O)(=O)NCC(C)CCO)c1. The van der Waals surface area contributed by atoms with Crippen LogP contribution in [0.15, 0.2) is 17.6 Å². The Labute approximate surface area is 102 Å². The Morgan fingerprint density at radius 3 is 2.82 bits per heavy atom. The maximum absolute atomic E-state index is 11.8. The molecule has 0 saturated heterocycles. The zero-order chi connectivity index (χ0) is 12.9. The molecule has 1 heterocycles. The summed E-state index contributed by atoms with van der Waals surface area (Å²) in [6, 6.07) is 0. The molecule has 1 atom stereocenters. The molecule has 0 saturated carbocycles. The zero-order valence-corrected chi connectivity index (χ0v) is 10.9. The van der Waals surface area contributed by atoms with E-state index in [9.17, 15) is 8.42 Å². The molecule has 0 aliphatic heterocycles. The van der Waals surface area contributed by atoms with E-state index in [0.717, 1.165) is 0 Å². The van der Waals surface area contributed by atoms with E-state index in [1.54, 1.807) is 4.57 Å². The van der Waals surface area contributed by atoms with E-state index in [1.807, 2.05) is 13.8 Å². The molecule has 0 aliphatic rings. The molecule has 6 nitrogen and oxygen atoms in total. The van der Waals surface area contributed by atoms with Gasteiger partial charge in [-0.25, -0.2) is 18.1 Å². The molecule has 0 radical (unpaired) electrons. The number of aliphatic hydroxyl groups is 1. The molecular formula is C10H19N3O3S. The van der Waals surface area contributed by atoms with Crippen molar-refractivity contribution in [2.24, 2.45) is 5.92 Å². The lowest BCUT2D eigenvalue weighted by molar-refractivity contribution is 0.263. The van der Waals surface area contributed by atoms with Crippen LogP contribution in [-0.4, -0.2) is 36.2 Å². The fourth-order valence-electron chi connectivity index (χ4n) is 1.30. The van der Waals surface area contributed by atoms with E-state index in [4.69, 9.17) is 5.11 Å². The fourth-order valence-corrected chi connectivity index (χ4v) is 2.41. The summed E-state index contributed by atoms with van der Waals surface area (Å²) < 4.78 is 27.8. The largest absolute Gasteiger partial charge is 0.396 e. The molecule has 1 unspecified atom stereocenters. The highest BCUT2D eigenvalue weighted by Gasteiger charge is 2.17. The topological polar surface area (TPSA) is 84.2 Å². The van der Waals surface area contributed by atoms with Crippen molar-refractivity contribution < 1.29 is 13.5 Å². The zero-order valence-electron chi connectivity index (χ0n) is 10.1. The molecule has 2 N–H and O–H groups in total. The fraction of sp³-hybridized carbons (Fsp3) is 0.700. The third kappa shape index (κ3) is 4.10. The van der Waals surface area contributed by atoms with Crippen LogP contribution >= 0.6 is 0 Å². The Hall–Kier alpha value is -0.920. The molecule has 0 fully saturated rings. The van der Waals surface area contributed by atoms with Gasteiger partial charge in [0.05, 0.1) is 6.33 Å². The minimum absolute atomic E-state index is 0.0375. The van der Waals surface area contributed by atoms with Gasteiger partial charge in [-0.15, -0.1) is 0 Å². The van der Waals surface area contributed by atoms with Crippen LogP contribution in [-0.2, 0) is 16.6 Å². The molecule has 0 spiro atoms. The van der Waals surface area contributed by atoms with Crippen LogP contribution in [0.3, 0.4) is 0 Å². The summed E-state index contributed by atoms with van der Waals surface area (Å²) in [5.41, 5.74) is 0. The summed E-state index contributed by atoms with van der Waals surface area (Å²) in [6.07, 6.45) is 3.57. The van der Waals surface area contributed by atoms with E-state index >= 15 is 0 Å². The Balaban J connectivity index is 2.62. The molecule has 7 heteroatoms. The van der Waals surface area contributed by atoms with Gasteiger partial charge >= 0.3 is 0 Å². The van der Waals surface area contributed by atoms with Gasteiger partial charge in [-0.05, 0) is 19.3 Å². The molecule has 0 aromatic carbocycles. The number of imidazole rings is 1. The summed E-state index contributed by atoms with van der Waals surface area (Å²) in [4.78, 5) is 3.85. The van der Waals surface area contributed by atoms with Gasteiger partial charge < -0.3 is 9.67 Å². The number of nitrogens with zero attached hydrogens (tertiary/aromatic N) is 2. The smallest absolute Gasteiger partial charge is 0.259 e. The van der Waals surface area contributed by atoms with Crippen LogP contribution in [0.5, 0.6) is 0 Å². The van der Waals surface area contributed by atoms with Crippen LogP contribution in [0.2, 0.25) is 0 Å². The number of hydrogen-bond donors (Lipinski definition) is 2. The minimum Gasteiger partial charge on any atom is -0.396 e. The van der Waals surface area contributed by atoms with E-state index < -0.39 is 10.0 Å². The Kier molecular flexibility index (Phi) is 5.10. The lowest BCUT2D eigenvalue weighted by atomic mass is 10.1. The van der Waals surface area contributed by atoms with Gasteiger partial charge in [0.1, 0.15) is 0 Å². The molecule has 1 rings (SSSR count). The van der Waals surface area contributed by atoms with E-state index in [-0.39, 0.29) is 17.6 Å². The average molecular weight is 261 g/mol. The summed E-state index contributed by atoms with van der Waals surface area (Å²) in [7, 11) is -3.53. The Morgan fingerprint density at radius 2 is 2.29 bits per heavy atom. The first-order valence-electron chi connectivity index (χ1n) is 5.62. The van der Waals surface area contributed by atoms with Gasteiger partial charge in [-0.1, -0.05) is 6.92 Å². The van der Waals surface area contributed by atoms with Crippen molar-refractivity contribution in [1.29, 1.82) is 0 Å². The van der Waals surface area contributed by atoms with Crippen molar-refractivity contribution in [3.63, 3.8) is 0 Å². The van der Waals surface area contributed by atoms with Crippen LogP contribution in [0.25, 0.3) is 0 Å². The van der Waals surface area contributed by atoms with Crippen molar-refractivity contribution in [3.8, 4) is 0 Å². The number of rotatable bonds is 7. The number of aryl methyl sites for hydroxylation is 1. The number of aliphatic hydroxyl groups excluding tert-OH is 1. The summed E-state index contributed by atoms with van der Waals surface area (Å²) in [5, 5.41) is 8.76. The Morgan fingerprint density at radius 1 is 1.59 bits per heavy atom. The highest BCUT2D eigenvalue weighted by molar-refractivity contribution is 7.89. The first-order chi connectivity index (χ1) is 7.99. The molecule has 98 valence electrons. The normalized spacial score (nSPS) is 13.8. The van der Waals surface area contributed by atoms with Crippen LogP contribution in [0, 0.1) is 5.92 Å². The maximum Gasteiger partial charge on any atom is 0.259 e. The quantitative estimate of drug-likeness (QED) is 0.734. The molecule has 1 aromatic rings. The molecule has 0 aliphatic carbocycles. The summed E-state index contributed by atoms with van der Waals surface area (Å²) >= 11 is 0. The first kappa shape index (κ1) is 14.1. The predicted molar refractivity (Wildman–Crippen MR) is 64.0 cm³/mol. The molecule has 0 bridgehead atoms. The van der Waals surface area contributed by atoms with Gasteiger partial charge in [0.2, 0.25) is 0 Å². The summed E-state index contributed by atoms with van der Waals surface area (Å²) in [5.74, 6) is 0.100. The molecule has 17 heavy (non-hydrogen) atoms. The average Bonchev–Trinajstić information content (AvgIpc) is 2.76. The monoisotopic (exact) mass is 261 g/mol. The first-order valence-corrected chi connectivity index (χ1v) is 7.10. The molecular weight excluding hydrogens is 242 g/mol. The van der Waals surface area contributed by atoms with Crippen molar-refractivity contribution in [2.75, 3.05) is 13.2 Å². The van der Waals surface area contributed by atoms with Crippen LogP contribution in [0.1, 0.15) is 20.3 Å². The third-order valence-corrected chi connectivity index (χ3v) is 3.80. The predicted octanol–water partition coefficient (Wildman–Crippen LogP) is 0.200. The van der Waals surface area contributed by atoms with E-state index in [0.29, 0.717) is 19.5 Å². The second kappa shape index (κ2) is 6.13. The second-order valence-electron chi connectivity index (χ2n) is 4.01. The van der Waals surface area contributed by atoms with Crippen molar-refractivity contribution >= 4 is 10.0 Å². The number of sulfonamides is 1. The summed E-state index contributed by atoms with van der Waals surface area (Å²) in [6.45, 7) is 4.84. The number of hydrogen-bond acceptors (Lipinski definition) is 4.